The molecule has 0 aliphatic rings. The van der Waals surface area contributed by atoms with E-state index in [4.69, 9.17) is 9.05 Å². The average molecular weight is 236 g/mol. The molecule has 0 amide bonds. The molecular weight excluding hydrogens is 219 g/mol. The quantitative estimate of drug-likeness (QED) is 0.418. The molecule has 5 heteroatoms. The summed E-state index contributed by atoms with van der Waals surface area (Å²) in [4.78, 5) is 0. The van der Waals surface area contributed by atoms with Crippen LogP contribution in [-0.4, -0.2) is 19.0 Å². The standard InChI is InChI=1S/C9H17O3PS/c1-4-7-9(8-14)13(10,11-5-2)12-6-3/h4,7,14H,1,5-6,8H2,2-3H3/b9-7+. The zero-order valence-corrected chi connectivity index (χ0v) is 10.4. The summed E-state index contributed by atoms with van der Waals surface area (Å²) in [5.41, 5.74) is 0. The molecule has 0 unspecified atom stereocenters. The number of allylic oxidation sites excluding steroid dienone is 2. The smallest absolute Gasteiger partial charge is 0.306 e. The Labute approximate surface area is 91.1 Å². The first kappa shape index (κ1) is 14.0. The van der Waals surface area contributed by atoms with Gasteiger partial charge >= 0.3 is 7.60 Å². The predicted molar refractivity (Wildman–Crippen MR) is 63.0 cm³/mol. The molecule has 0 bridgehead atoms. The van der Waals surface area contributed by atoms with Gasteiger partial charge in [-0.15, -0.1) is 0 Å². The van der Waals surface area contributed by atoms with Gasteiger partial charge in [0, 0.05) is 5.75 Å². The first-order valence-corrected chi connectivity index (χ1v) is 6.64. The van der Waals surface area contributed by atoms with Gasteiger partial charge in [-0.05, 0) is 13.8 Å². The Balaban J connectivity index is 4.85. The van der Waals surface area contributed by atoms with Gasteiger partial charge in [0.15, 0.2) is 0 Å². The van der Waals surface area contributed by atoms with Gasteiger partial charge < -0.3 is 9.05 Å². The van der Waals surface area contributed by atoms with Gasteiger partial charge in [-0.25, -0.2) is 0 Å². The first-order chi connectivity index (χ1) is 6.64. The van der Waals surface area contributed by atoms with E-state index in [1.54, 1.807) is 26.0 Å². The van der Waals surface area contributed by atoms with Crippen LogP contribution in [0.3, 0.4) is 0 Å². The van der Waals surface area contributed by atoms with Gasteiger partial charge in [0.2, 0.25) is 0 Å². The highest BCUT2D eigenvalue weighted by molar-refractivity contribution is 7.81. The molecule has 0 heterocycles. The number of thiol groups is 1. The van der Waals surface area contributed by atoms with Gasteiger partial charge in [0.25, 0.3) is 0 Å². The van der Waals surface area contributed by atoms with E-state index in [1.165, 1.54) is 0 Å². The van der Waals surface area contributed by atoms with Crippen molar-refractivity contribution in [2.24, 2.45) is 0 Å². The van der Waals surface area contributed by atoms with Crippen LogP contribution in [0, 0.1) is 0 Å². The molecule has 14 heavy (non-hydrogen) atoms. The van der Waals surface area contributed by atoms with Gasteiger partial charge in [-0.2, -0.15) is 12.6 Å². The van der Waals surface area contributed by atoms with Crippen LogP contribution < -0.4 is 0 Å². The minimum atomic E-state index is -3.13. The van der Waals surface area contributed by atoms with Crippen molar-refractivity contribution in [1.82, 2.24) is 0 Å². The highest BCUT2D eigenvalue weighted by Crippen LogP contribution is 2.56. The van der Waals surface area contributed by atoms with E-state index in [0.29, 0.717) is 24.3 Å². The summed E-state index contributed by atoms with van der Waals surface area (Å²) in [7, 11) is -3.13. The molecule has 0 fully saturated rings. The summed E-state index contributed by atoms with van der Waals surface area (Å²) in [5, 5.41) is 0.541. The van der Waals surface area contributed by atoms with Gasteiger partial charge in [0.05, 0.1) is 18.5 Å². The lowest BCUT2D eigenvalue weighted by Gasteiger charge is -2.18. The topological polar surface area (TPSA) is 35.5 Å². The zero-order valence-electron chi connectivity index (χ0n) is 8.60. The van der Waals surface area contributed by atoms with Crippen molar-refractivity contribution in [3.8, 4) is 0 Å². The van der Waals surface area contributed by atoms with Gasteiger partial charge in [-0.3, -0.25) is 4.57 Å². The van der Waals surface area contributed by atoms with Crippen LogP contribution in [0.25, 0.3) is 0 Å². The molecule has 0 N–H and O–H groups in total. The molecule has 3 nitrogen and oxygen atoms in total. The van der Waals surface area contributed by atoms with Crippen molar-refractivity contribution >= 4 is 20.2 Å². The fourth-order valence-corrected chi connectivity index (χ4v) is 3.08. The van der Waals surface area contributed by atoms with Gasteiger partial charge in [-0.1, -0.05) is 18.7 Å². The SMILES string of the molecule is C=C/C=C(\CS)P(=O)(OCC)OCC. The summed E-state index contributed by atoms with van der Waals surface area (Å²) in [6.45, 7) is 7.78. The van der Waals surface area contributed by atoms with Crippen molar-refractivity contribution in [3.05, 3.63) is 24.0 Å². The molecule has 0 aliphatic carbocycles. The normalized spacial score (nSPS) is 12.9. The van der Waals surface area contributed by atoms with Crippen LogP contribution in [-0.2, 0) is 13.6 Å². The molecule has 0 spiro atoms. The van der Waals surface area contributed by atoms with Crippen LogP contribution in [0.1, 0.15) is 13.8 Å². The third kappa shape index (κ3) is 4.01. The van der Waals surface area contributed by atoms with Crippen LogP contribution in [0.2, 0.25) is 0 Å². The second-order valence-electron chi connectivity index (χ2n) is 2.38. The first-order valence-electron chi connectivity index (χ1n) is 4.46. The van der Waals surface area contributed by atoms with Crippen molar-refractivity contribution in [2.75, 3.05) is 19.0 Å². The Hall–Kier alpha value is -0.0200. The number of rotatable bonds is 7. The Morgan fingerprint density at radius 1 is 1.43 bits per heavy atom. The Morgan fingerprint density at radius 3 is 2.21 bits per heavy atom. The highest BCUT2D eigenvalue weighted by Gasteiger charge is 2.27. The van der Waals surface area contributed by atoms with Crippen molar-refractivity contribution < 1.29 is 13.6 Å². The summed E-state index contributed by atoms with van der Waals surface area (Å²) < 4.78 is 22.4. The lowest BCUT2D eigenvalue weighted by molar-refractivity contribution is 0.226. The second kappa shape index (κ2) is 7.30. The van der Waals surface area contributed by atoms with Gasteiger partial charge in [0.1, 0.15) is 0 Å². The zero-order chi connectivity index (χ0) is 11.0. The molecule has 0 saturated carbocycles. The number of hydrogen-bond donors (Lipinski definition) is 1. The van der Waals surface area contributed by atoms with E-state index in [1.807, 2.05) is 0 Å². The van der Waals surface area contributed by atoms with E-state index in [9.17, 15) is 4.57 Å². The van der Waals surface area contributed by atoms with Crippen molar-refractivity contribution in [2.45, 2.75) is 13.8 Å². The fourth-order valence-electron chi connectivity index (χ4n) is 0.910. The molecule has 0 saturated heterocycles. The maximum atomic E-state index is 12.1. The Bertz CT molecular complexity index is 240. The van der Waals surface area contributed by atoms with Crippen LogP contribution in [0.5, 0.6) is 0 Å². The minimum Gasteiger partial charge on any atom is -0.306 e. The Morgan fingerprint density at radius 2 is 1.93 bits per heavy atom. The summed E-state index contributed by atoms with van der Waals surface area (Å²) in [6, 6.07) is 0. The van der Waals surface area contributed by atoms with E-state index in [2.05, 4.69) is 19.2 Å². The summed E-state index contributed by atoms with van der Waals surface area (Å²) >= 11 is 4.08. The van der Waals surface area contributed by atoms with E-state index < -0.39 is 7.60 Å². The van der Waals surface area contributed by atoms with Crippen molar-refractivity contribution in [1.29, 1.82) is 0 Å². The molecule has 0 aliphatic heterocycles. The summed E-state index contributed by atoms with van der Waals surface area (Å²) in [5.74, 6) is 0.337. The molecule has 0 radical (unpaired) electrons. The maximum absolute atomic E-state index is 12.1. The van der Waals surface area contributed by atoms with E-state index in [-0.39, 0.29) is 0 Å². The fraction of sp³-hybridized carbons (Fsp3) is 0.556. The largest absolute Gasteiger partial charge is 0.358 e. The molecule has 0 aromatic carbocycles. The van der Waals surface area contributed by atoms with Crippen molar-refractivity contribution in [3.63, 3.8) is 0 Å². The minimum absolute atomic E-state index is 0.337. The lowest BCUT2D eigenvalue weighted by Crippen LogP contribution is -1.99. The third-order valence-corrected chi connectivity index (χ3v) is 4.22. The monoisotopic (exact) mass is 236 g/mol. The average Bonchev–Trinajstić information content (AvgIpc) is 2.14. The second-order valence-corrected chi connectivity index (χ2v) is 4.79. The summed E-state index contributed by atoms with van der Waals surface area (Å²) in [6.07, 6.45) is 3.18. The molecular formula is C9H17O3PS. The van der Waals surface area contributed by atoms with E-state index in [0.717, 1.165) is 0 Å². The predicted octanol–water partition coefficient (Wildman–Crippen LogP) is 3.25. The molecule has 0 rings (SSSR count). The molecule has 82 valence electrons. The van der Waals surface area contributed by atoms with Crippen LogP contribution in [0.15, 0.2) is 24.0 Å². The molecule has 0 atom stereocenters. The molecule has 0 aromatic rings. The van der Waals surface area contributed by atoms with Crippen LogP contribution in [0.4, 0.5) is 0 Å². The Kier molecular flexibility index (Phi) is 7.28. The third-order valence-electron chi connectivity index (χ3n) is 1.42. The lowest BCUT2D eigenvalue weighted by atomic mass is 10.5. The van der Waals surface area contributed by atoms with E-state index >= 15 is 0 Å². The number of hydrogen-bond acceptors (Lipinski definition) is 4. The van der Waals surface area contributed by atoms with Crippen LogP contribution >= 0.6 is 20.2 Å². The highest BCUT2D eigenvalue weighted by atomic mass is 32.1. The maximum Gasteiger partial charge on any atom is 0.358 e. The molecule has 0 aromatic heterocycles.